The predicted octanol–water partition coefficient (Wildman–Crippen LogP) is 4.47. The van der Waals surface area contributed by atoms with Gasteiger partial charge in [-0.25, -0.2) is 5.53 Å². The molecule has 6 atom stereocenters. The van der Waals surface area contributed by atoms with Crippen molar-refractivity contribution >= 4 is 5.78 Å². The van der Waals surface area contributed by atoms with Crippen LogP contribution < -0.4 is 0 Å². The summed E-state index contributed by atoms with van der Waals surface area (Å²) < 4.78 is 0. The zero-order valence-electron chi connectivity index (χ0n) is 13.4. The van der Waals surface area contributed by atoms with E-state index in [1.807, 2.05) is 6.92 Å². The van der Waals surface area contributed by atoms with Gasteiger partial charge in [-0.05, 0) is 55.6 Å². The molecule has 0 amide bonds. The van der Waals surface area contributed by atoms with Gasteiger partial charge in [0.15, 0.2) is 0 Å². The molecular weight excluding hydrogens is 272 g/mol. The second-order valence-electron chi connectivity index (χ2n) is 7.99. The van der Waals surface area contributed by atoms with E-state index in [-0.39, 0.29) is 5.41 Å². The van der Waals surface area contributed by atoms with Gasteiger partial charge in [-0.15, -0.1) is 0 Å². The van der Waals surface area contributed by atoms with Crippen molar-refractivity contribution in [1.29, 1.82) is 5.53 Å². The van der Waals surface area contributed by atoms with Crippen molar-refractivity contribution in [1.82, 2.24) is 0 Å². The molecule has 0 bridgehead atoms. The second kappa shape index (κ2) is 4.50. The van der Waals surface area contributed by atoms with Crippen LogP contribution in [0.15, 0.2) is 41.1 Å². The number of nitrogens with one attached hydrogen (secondary N) is 1. The molecule has 4 aliphatic carbocycles. The Bertz CT molecular complexity index is 631. The maximum atomic E-state index is 12.3. The van der Waals surface area contributed by atoms with Crippen molar-refractivity contribution in [3.63, 3.8) is 0 Å². The van der Waals surface area contributed by atoms with Gasteiger partial charge in [0.05, 0.1) is 0 Å². The molecule has 0 aromatic carbocycles. The summed E-state index contributed by atoms with van der Waals surface area (Å²) in [6.07, 6.45) is 15.1. The first kappa shape index (κ1) is 14.1. The van der Waals surface area contributed by atoms with Crippen molar-refractivity contribution < 1.29 is 4.79 Å². The van der Waals surface area contributed by atoms with E-state index in [2.05, 4.69) is 42.4 Å². The Morgan fingerprint density at radius 1 is 1.27 bits per heavy atom. The van der Waals surface area contributed by atoms with Crippen LogP contribution >= 0.6 is 0 Å². The van der Waals surface area contributed by atoms with E-state index in [1.165, 1.54) is 5.57 Å². The normalized spacial score (nSPS) is 49.2. The third-order valence-electron chi connectivity index (χ3n) is 6.79. The van der Waals surface area contributed by atoms with Gasteiger partial charge < -0.3 is 0 Å². The third kappa shape index (κ3) is 1.77. The van der Waals surface area contributed by atoms with Gasteiger partial charge in [0.25, 0.3) is 0 Å². The number of nitrogens with zero attached hydrogens (tertiary/aromatic N) is 1. The van der Waals surface area contributed by atoms with Gasteiger partial charge in [0.1, 0.15) is 11.3 Å². The zero-order valence-corrected chi connectivity index (χ0v) is 13.4. The Balaban J connectivity index is 1.71. The number of hydrogen-bond donors (Lipinski definition) is 1. The van der Waals surface area contributed by atoms with Crippen LogP contribution in [0.3, 0.4) is 0 Å². The summed E-state index contributed by atoms with van der Waals surface area (Å²) in [6, 6.07) is 0. The highest BCUT2D eigenvalue weighted by Gasteiger charge is 2.55. The van der Waals surface area contributed by atoms with E-state index >= 15 is 0 Å². The van der Waals surface area contributed by atoms with E-state index in [0.29, 0.717) is 29.5 Å². The van der Waals surface area contributed by atoms with Crippen LogP contribution in [0.4, 0.5) is 0 Å². The lowest BCUT2D eigenvalue weighted by molar-refractivity contribution is -0.129. The number of rotatable bonds is 1. The fraction of sp³-hybridized carbons (Fsp3) is 0.632. The van der Waals surface area contributed by atoms with Gasteiger partial charge in [-0.1, -0.05) is 31.2 Å². The Kier molecular flexibility index (Phi) is 2.88. The molecule has 1 N–H and O–H groups in total. The van der Waals surface area contributed by atoms with Crippen molar-refractivity contribution in [2.24, 2.45) is 34.2 Å². The molecule has 0 aromatic heterocycles. The lowest BCUT2D eigenvalue weighted by Crippen LogP contribution is -2.44. The Labute approximate surface area is 132 Å². The summed E-state index contributed by atoms with van der Waals surface area (Å²) in [5.74, 6) is 2.62. The average molecular weight is 296 g/mol. The highest BCUT2D eigenvalue weighted by atomic mass is 16.1. The van der Waals surface area contributed by atoms with Crippen molar-refractivity contribution in [3.05, 3.63) is 36.0 Å². The molecule has 0 aromatic rings. The van der Waals surface area contributed by atoms with Crippen molar-refractivity contribution in [2.75, 3.05) is 0 Å². The van der Waals surface area contributed by atoms with Crippen LogP contribution in [-0.2, 0) is 4.79 Å². The molecule has 22 heavy (non-hydrogen) atoms. The van der Waals surface area contributed by atoms with Gasteiger partial charge in [0, 0.05) is 17.8 Å². The van der Waals surface area contributed by atoms with Crippen LogP contribution in [0.25, 0.3) is 0 Å². The van der Waals surface area contributed by atoms with Crippen molar-refractivity contribution in [3.8, 4) is 0 Å². The maximum Gasteiger partial charge on any atom is 0.139 e. The number of allylic oxidation sites excluding steroid dienone is 4. The minimum Gasteiger partial charge on any atom is -0.299 e. The summed E-state index contributed by atoms with van der Waals surface area (Å²) in [5, 5.41) is 3.76. The molecule has 0 radical (unpaired) electrons. The fourth-order valence-corrected chi connectivity index (χ4v) is 5.42. The lowest BCUT2D eigenvalue weighted by atomic mass is 9.54. The number of carbonyl (C=O) groups is 1. The largest absolute Gasteiger partial charge is 0.299 e. The standard InChI is InChI=1S/C19H24N2O/c1-18(21-20)9-7-13-12(11-18)3-4-15-14(13)8-10-19(2)16(15)5-6-17(19)22/h3-4,7,9,11,13-16,20H,5-6,8,10H2,1-2H3/t13?,14?,15?,16?,18?,19-/m0/s1. The summed E-state index contributed by atoms with van der Waals surface area (Å²) in [5.41, 5.74) is 8.16. The molecule has 0 heterocycles. The molecule has 3 heteroatoms. The molecule has 0 aliphatic heterocycles. The topological polar surface area (TPSA) is 53.3 Å². The van der Waals surface area contributed by atoms with Crippen LogP contribution in [0.2, 0.25) is 0 Å². The molecule has 3 nitrogen and oxygen atoms in total. The van der Waals surface area contributed by atoms with Crippen molar-refractivity contribution in [2.45, 2.75) is 45.1 Å². The molecule has 0 saturated heterocycles. The van der Waals surface area contributed by atoms with Gasteiger partial charge in [0.2, 0.25) is 0 Å². The highest BCUT2D eigenvalue weighted by molar-refractivity contribution is 5.87. The summed E-state index contributed by atoms with van der Waals surface area (Å²) in [6.45, 7) is 4.18. The second-order valence-corrected chi connectivity index (χ2v) is 7.99. The van der Waals surface area contributed by atoms with E-state index in [1.54, 1.807) is 0 Å². The van der Waals surface area contributed by atoms with E-state index < -0.39 is 5.54 Å². The zero-order chi connectivity index (χ0) is 15.5. The fourth-order valence-electron chi connectivity index (χ4n) is 5.42. The summed E-state index contributed by atoms with van der Waals surface area (Å²) >= 11 is 0. The van der Waals surface area contributed by atoms with Gasteiger partial charge in [-0.2, -0.15) is 5.11 Å². The molecule has 2 fully saturated rings. The SMILES string of the molecule is CC1(N=N)C=CC2C(=C1)C=CC1C2CC[C@]2(C)C(=O)CCC12. The smallest absolute Gasteiger partial charge is 0.139 e. The minimum atomic E-state index is -0.477. The first-order valence-electron chi connectivity index (χ1n) is 8.49. The Morgan fingerprint density at radius 3 is 2.86 bits per heavy atom. The predicted molar refractivity (Wildman–Crippen MR) is 85.5 cm³/mol. The Hall–Kier alpha value is -1.51. The molecule has 116 valence electrons. The van der Waals surface area contributed by atoms with Crippen LogP contribution in [0, 0.1) is 34.6 Å². The number of carbonyl (C=O) groups excluding carboxylic acids is 1. The van der Waals surface area contributed by atoms with E-state index in [0.717, 1.165) is 25.7 Å². The maximum absolute atomic E-state index is 12.3. The van der Waals surface area contributed by atoms with Crippen LogP contribution in [-0.4, -0.2) is 11.3 Å². The molecule has 2 saturated carbocycles. The quantitative estimate of drug-likeness (QED) is 0.563. The third-order valence-corrected chi connectivity index (χ3v) is 6.79. The molecule has 5 unspecified atom stereocenters. The molecule has 0 spiro atoms. The van der Waals surface area contributed by atoms with E-state index in [4.69, 9.17) is 5.53 Å². The minimum absolute atomic E-state index is 0.0733. The highest BCUT2D eigenvalue weighted by Crippen LogP contribution is 2.58. The summed E-state index contributed by atoms with van der Waals surface area (Å²) in [4.78, 5) is 12.3. The molecule has 4 aliphatic rings. The first-order valence-corrected chi connectivity index (χ1v) is 8.49. The number of ketones is 1. The summed E-state index contributed by atoms with van der Waals surface area (Å²) in [7, 11) is 0. The van der Waals surface area contributed by atoms with Gasteiger partial charge in [-0.3, -0.25) is 4.79 Å². The lowest BCUT2D eigenvalue weighted by Gasteiger charge is -2.49. The first-order chi connectivity index (χ1) is 10.5. The molecule has 4 rings (SSSR count). The average Bonchev–Trinajstić information content (AvgIpc) is 2.82. The van der Waals surface area contributed by atoms with Gasteiger partial charge >= 0.3 is 0 Å². The monoisotopic (exact) mass is 296 g/mol. The number of Topliss-reactive ketones (excluding diaryl/α,β-unsaturated/α-hetero) is 1. The molecular formula is C19H24N2O. The van der Waals surface area contributed by atoms with E-state index in [9.17, 15) is 4.79 Å². The van der Waals surface area contributed by atoms with Crippen LogP contribution in [0.5, 0.6) is 0 Å². The van der Waals surface area contributed by atoms with Crippen LogP contribution in [0.1, 0.15) is 39.5 Å². The number of fused-ring (bicyclic) bond motifs is 5. The number of hydrogen-bond acceptors (Lipinski definition) is 3. The Morgan fingerprint density at radius 2 is 2.09 bits per heavy atom.